The number of carbonyl (C=O) groups excluding carboxylic acids is 1. The Kier molecular flexibility index (Phi) is 31.6. The van der Waals surface area contributed by atoms with Gasteiger partial charge in [-0.1, -0.05) is 149 Å². The van der Waals surface area contributed by atoms with Crippen LogP contribution in [-0.4, -0.2) is 66.7 Å². The second-order valence-corrected chi connectivity index (χ2v) is 38.5. The summed E-state index contributed by atoms with van der Waals surface area (Å²) in [5.74, 6) is 5.61. The molecule has 17 nitrogen and oxygen atoms in total. The van der Waals surface area contributed by atoms with Gasteiger partial charge >= 0.3 is 5.97 Å². The number of hydrogen-bond donors (Lipinski definition) is 5. The van der Waals surface area contributed by atoms with E-state index in [-0.39, 0.29) is 23.5 Å². The zero-order valence-corrected chi connectivity index (χ0v) is 73.2. The van der Waals surface area contributed by atoms with Gasteiger partial charge < -0.3 is 53.7 Å². The number of nitrogens with one attached hydrogen (secondary N) is 1. The predicted octanol–water partition coefficient (Wildman–Crippen LogP) is 24.6. The van der Waals surface area contributed by atoms with Crippen LogP contribution in [0, 0.1) is 5.53 Å². The lowest BCUT2D eigenvalue weighted by molar-refractivity contribution is 0.0692. The lowest BCUT2D eigenvalue weighted by Crippen LogP contribution is -2.45. The highest BCUT2D eigenvalue weighted by Crippen LogP contribution is 2.51. The standard InChI is InChI=1S/C17H20BrClN3O2Si.C17H19BrClNO2.C14H13BrClNO2.C13H10BrClO3.C13H8BrClO2.C6H7ClO/c1-25(2,3)23-10-17(21-22-20)13-8-11(18)4-6-15(13)24-16-7-5-12(19)9-14(16)17;1-3-20(4-2)17(21)15-11-12(18)5-10-16(15)22-14-8-6-13(19)7-9-14;15-8-1-3-12-10(5-8)14(17,7-18)11-6-9(16)2-4-13(11)19-12;14-8-1-6-12(11(7-8)13(16)17)18-10-4-2-9(15)3-5-10;14-7-1-3-11-9(5-7)13(16)10-6-8(15)2-4-12(10)17-11;7-5-1-3-6(8)4-2-5/h4,6,8-9,20H,5,7,10H2,1-3H3;5-6,8,10-11H,3-4,7,9H2,1-2H3;1,3,5-6,18H,2,4,7,17H2;1-2,4,6-7H,3,5H2,(H,16,17);1,3,5-6H,2,4H2;1,3,8H,2,4H2/q+1;;;;;. The van der Waals surface area contributed by atoms with Gasteiger partial charge in [-0.05, 0) is 218 Å². The van der Waals surface area contributed by atoms with E-state index >= 15 is 0 Å². The molecule has 2 aliphatic heterocycles. The van der Waals surface area contributed by atoms with Crippen LogP contribution in [0.3, 0.4) is 0 Å². The van der Waals surface area contributed by atoms with Crippen molar-refractivity contribution in [2.24, 2.45) is 10.8 Å². The van der Waals surface area contributed by atoms with Crippen LogP contribution in [0.15, 0.2) is 246 Å². The van der Waals surface area contributed by atoms with E-state index in [1.807, 2.05) is 98.8 Å². The van der Waals surface area contributed by atoms with Gasteiger partial charge in [-0.25, -0.2) is 4.79 Å². The molecular formula is C80H77Br5Cl6N5O12Si+. The molecule has 1 aromatic heterocycles. The zero-order valence-electron chi connectivity index (χ0n) is 59.8. The van der Waals surface area contributed by atoms with E-state index in [1.165, 1.54) is 6.07 Å². The average Bonchev–Trinajstić information content (AvgIpc) is 0.732. The maximum absolute atomic E-state index is 12.6. The van der Waals surface area contributed by atoms with Crippen LogP contribution < -0.4 is 35.0 Å². The highest BCUT2D eigenvalue weighted by molar-refractivity contribution is 9.11. The highest BCUT2D eigenvalue weighted by Gasteiger charge is 2.50. The topological polar surface area (TPSA) is 251 Å². The number of ether oxygens (including phenoxy) is 4. The molecule has 109 heavy (non-hydrogen) atoms. The van der Waals surface area contributed by atoms with Crippen LogP contribution in [0.25, 0.3) is 17.0 Å². The van der Waals surface area contributed by atoms with Crippen molar-refractivity contribution >= 4 is 186 Å². The molecule has 6 aliphatic carbocycles. The summed E-state index contributed by atoms with van der Waals surface area (Å²) in [6, 6.07) is 27.3. The molecule has 2 atom stereocenters. The van der Waals surface area contributed by atoms with E-state index in [1.54, 1.807) is 59.5 Å². The third-order valence-corrected chi connectivity index (χ3v) is 23.0. The Balaban J connectivity index is 0.000000154. The molecule has 5 aromatic carbocycles. The number of nitrogens with two attached hydrogens (primary N) is 1. The van der Waals surface area contributed by atoms with Crippen molar-refractivity contribution in [1.82, 2.24) is 9.81 Å². The van der Waals surface area contributed by atoms with E-state index in [2.05, 4.69) is 109 Å². The number of amides is 1. The third kappa shape index (κ3) is 23.1. The van der Waals surface area contributed by atoms with Crippen molar-refractivity contribution < 1.29 is 52.7 Å². The molecule has 6 aromatic rings. The molecule has 29 heteroatoms. The molecule has 14 rings (SSSR count). The van der Waals surface area contributed by atoms with E-state index in [9.17, 15) is 19.5 Å². The predicted molar refractivity (Wildman–Crippen MR) is 454 cm³/mol. The van der Waals surface area contributed by atoms with Crippen LogP contribution in [0.5, 0.6) is 23.0 Å². The number of aromatic carboxylic acids is 1. The van der Waals surface area contributed by atoms with Crippen molar-refractivity contribution in [3.05, 3.63) is 276 Å². The minimum atomic E-state index is -1.82. The summed E-state index contributed by atoms with van der Waals surface area (Å²) >= 11 is 52.7. The highest BCUT2D eigenvalue weighted by atomic mass is 79.9. The van der Waals surface area contributed by atoms with Gasteiger partial charge in [0.2, 0.25) is 10.5 Å². The van der Waals surface area contributed by atoms with Gasteiger partial charge in [-0.15, -0.1) is 0 Å². The van der Waals surface area contributed by atoms with Crippen LogP contribution in [-0.2, 0) is 21.9 Å². The Morgan fingerprint density at radius 2 is 1.06 bits per heavy atom. The molecule has 2 unspecified atom stereocenters. The first kappa shape index (κ1) is 86.9. The van der Waals surface area contributed by atoms with E-state index in [4.69, 9.17) is 119 Å². The quantitative estimate of drug-likeness (QED) is 0.0410. The molecule has 0 saturated carbocycles. The average molecular weight is 1940 g/mol. The molecule has 0 bridgehead atoms. The summed E-state index contributed by atoms with van der Waals surface area (Å²) in [5.41, 5.74) is 17.1. The number of hydrogen-bond acceptors (Lipinski definition) is 14. The van der Waals surface area contributed by atoms with E-state index < -0.39 is 25.4 Å². The van der Waals surface area contributed by atoms with Crippen molar-refractivity contribution in [3.8, 4) is 23.0 Å². The van der Waals surface area contributed by atoms with Crippen LogP contribution in [0.1, 0.15) is 128 Å². The minimum absolute atomic E-state index is 0.0135. The molecule has 0 fully saturated rings. The van der Waals surface area contributed by atoms with Gasteiger partial charge in [0.25, 0.3) is 5.91 Å². The van der Waals surface area contributed by atoms with Crippen LogP contribution >= 0.6 is 149 Å². The molecule has 0 radical (unpaired) electrons. The number of aliphatic hydroxyl groups is 2. The molecule has 0 spiro atoms. The number of halogens is 11. The summed E-state index contributed by atoms with van der Waals surface area (Å²) < 4.78 is 39.8. The number of carbonyl (C=O) groups is 2. The fourth-order valence-electron chi connectivity index (χ4n) is 12.0. The minimum Gasteiger partial charge on any atom is -0.512 e. The summed E-state index contributed by atoms with van der Waals surface area (Å²) in [6.07, 6.45) is 24.7. The number of benzene rings is 5. The Morgan fingerprint density at radius 1 is 0.596 bits per heavy atom. The zero-order chi connectivity index (χ0) is 79.1. The monoisotopic (exact) mass is 1930 g/mol. The lowest BCUT2D eigenvalue weighted by atomic mass is 9.78. The fourth-order valence-corrected chi connectivity index (χ4v) is 15.6. The van der Waals surface area contributed by atoms with Gasteiger partial charge in [0.1, 0.15) is 73.6 Å². The van der Waals surface area contributed by atoms with Crippen molar-refractivity contribution in [3.63, 3.8) is 0 Å². The third-order valence-electron chi connectivity index (χ3n) is 17.7. The Bertz CT molecular complexity index is 4980. The first-order valence-corrected chi connectivity index (χ1v) is 44.2. The van der Waals surface area contributed by atoms with Crippen LogP contribution in [0.2, 0.25) is 19.6 Å². The van der Waals surface area contributed by atoms with Crippen molar-refractivity contribution in [2.45, 2.75) is 122 Å². The summed E-state index contributed by atoms with van der Waals surface area (Å²) in [4.78, 5) is 41.2. The Labute approximate surface area is 705 Å². The molecule has 3 heterocycles. The first-order valence-electron chi connectivity index (χ1n) is 34.5. The number of aryl methyl sites for hydroxylation is 1. The molecular weight excluding hydrogens is 1860 g/mol. The second kappa shape index (κ2) is 39.6. The largest absolute Gasteiger partial charge is 0.512 e. The van der Waals surface area contributed by atoms with Gasteiger partial charge in [0.15, 0.2) is 13.7 Å². The molecule has 0 saturated heterocycles. The number of aliphatic hydroxyl groups excluding tert-OH is 2. The van der Waals surface area contributed by atoms with Gasteiger partial charge in [0, 0.05) is 126 Å². The first-order chi connectivity index (χ1) is 51.8. The number of rotatable bonds is 13. The lowest BCUT2D eigenvalue weighted by Gasteiger charge is -2.38. The summed E-state index contributed by atoms with van der Waals surface area (Å²) in [7, 11) is -1.82. The maximum atomic E-state index is 12.6. The molecule has 8 aliphatic rings. The molecule has 6 N–H and O–H groups in total. The molecule has 574 valence electrons. The van der Waals surface area contributed by atoms with Gasteiger partial charge in [-0.2, -0.15) is 0 Å². The maximum Gasteiger partial charge on any atom is 0.339 e. The van der Waals surface area contributed by atoms with Gasteiger partial charge in [-0.3, -0.25) is 9.59 Å². The Morgan fingerprint density at radius 3 is 1.58 bits per heavy atom. The Hall–Kier alpha value is -6.06. The summed E-state index contributed by atoms with van der Waals surface area (Å²) in [6.45, 7) is 11.8. The SMILES string of the molecule is CCN(CC)C(=O)c1cc(Br)ccc1OC1=CC=C(Cl)CC1.C[Si](C)(C)OCC1(N=[N+]=N)C2=C(CCC(Cl)=C2)Oc2ccc(Br)cc21.NC1(CO)C2=C(CCC(Cl)=C2)Oc2ccc(Br)cc21.O=C(O)c1cc(Br)ccc1OC1=CC=C(Cl)CC1.O=c1c2c(oc3ccc(Br)cc13)CCC(Cl)=C2.OC1=CC=C(Cl)CC1. The summed E-state index contributed by atoms with van der Waals surface area (Å²) in [5, 5.41) is 37.2. The second-order valence-electron chi connectivity index (χ2n) is 26.5. The number of allylic oxidation sites excluding steroid dienone is 17. The van der Waals surface area contributed by atoms with E-state index in [0.717, 1.165) is 133 Å². The number of nitrogens with zero attached hydrogens (tertiary/aromatic N) is 3. The normalized spacial score (nSPS) is 18.6. The van der Waals surface area contributed by atoms with Crippen molar-refractivity contribution in [2.75, 3.05) is 26.3 Å². The number of carboxylic acid groups (broad SMARTS) is 1. The smallest absolute Gasteiger partial charge is 0.339 e. The van der Waals surface area contributed by atoms with Crippen LogP contribution in [0.4, 0.5) is 0 Å². The molecule has 1 amide bonds. The van der Waals surface area contributed by atoms with E-state index in [0.29, 0.717) is 119 Å². The van der Waals surface area contributed by atoms with Gasteiger partial charge in [0.05, 0.1) is 41.0 Å². The fraction of sp³-hybridized carbons (Fsp3) is 0.287. The van der Waals surface area contributed by atoms with Crippen molar-refractivity contribution in [1.29, 1.82) is 5.53 Å². The number of fused-ring (bicyclic) bond motifs is 4. The number of carboxylic acids is 1.